The standard InChI is InChI=1S/C18H23N3O2S2/c1-4-23-17(22)9-15-12-25-18(20-15)21-19-10-14-5-7-16(8-6-14)24-11-13(2)3/h5-8,10,12-13H,4,9,11H2,1-3H3,(H,20,21). The van der Waals surface area contributed by atoms with Gasteiger partial charge < -0.3 is 4.74 Å². The molecule has 0 aliphatic rings. The zero-order valence-corrected chi connectivity index (χ0v) is 16.3. The number of esters is 1. The molecule has 0 saturated carbocycles. The van der Waals surface area contributed by atoms with Gasteiger partial charge in [-0.25, -0.2) is 4.98 Å². The molecule has 0 aliphatic carbocycles. The summed E-state index contributed by atoms with van der Waals surface area (Å²) in [5.41, 5.74) is 4.60. The lowest BCUT2D eigenvalue weighted by atomic mass is 10.2. The molecule has 5 nitrogen and oxygen atoms in total. The molecule has 0 amide bonds. The number of thioether (sulfide) groups is 1. The number of nitrogens with zero attached hydrogens (tertiary/aromatic N) is 2. The Morgan fingerprint density at radius 1 is 1.40 bits per heavy atom. The highest BCUT2D eigenvalue weighted by atomic mass is 32.2. The number of carbonyl (C=O) groups excluding carboxylic acids is 1. The second-order valence-electron chi connectivity index (χ2n) is 5.77. The molecule has 2 rings (SSSR count). The van der Waals surface area contributed by atoms with Crippen molar-refractivity contribution in [2.75, 3.05) is 17.8 Å². The first kappa shape index (κ1) is 19.5. The van der Waals surface area contributed by atoms with Gasteiger partial charge in [-0.05, 0) is 30.5 Å². The Balaban J connectivity index is 1.82. The van der Waals surface area contributed by atoms with Crippen molar-refractivity contribution in [3.05, 3.63) is 40.9 Å². The van der Waals surface area contributed by atoms with Crippen LogP contribution in [0.2, 0.25) is 0 Å². The Labute approximate surface area is 156 Å². The summed E-state index contributed by atoms with van der Waals surface area (Å²) in [4.78, 5) is 17.0. The number of anilines is 1. The van der Waals surface area contributed by atoms with E-state index in [4.69, 9.17) is 4.74 Å². The molecule has 1 heterocycles. The van der Waals surface area contributed by atoms with Gasteiger partial charge in [-0.1, -0.05) is 26.0 Å². The molecule has 2 aromatic rings. The van der Waals surface area contributed by atoms with E-state index >= 15 is 0 Å². The lowest BCUT2D eigenvalue weighted by Crippen LogP contribution is -2.07. The highest BCUT2D eigenvalue weighted by Crippen LogP contribution is 2.20. The third-order valence-electron chi connectivity index (χ3n) is 3.02. The quantitative estimate of drug-likeness (QED) is 0.303. The van der Waals surface area contributed by atoms with Crippen LogP contribution in [0.15, 0.2) is 39.6 Å². The van der Waals surface area contributed by atoms with Crippen LogP contribution in [-0.2, 0) is 16.0 Å². The van der Waals surface area contributed by atoms with Gasteiger partial charge in [0.05, 0.1) is 24.9 Å². The number of aromatic nitrogens is 1. The third kappa shape index (κ3) is 7.27. The van der Waals surface area contributed by atoms with E-state index in [9.17, 15) is 4.79 Å². The van der Waals surface area contributed by atoms with E-state index in [-0.39, 0.29) is 12.4 Å². The van der Waals surface area contributed by atoms with Crippen molar-refractivity contribution in [1.82, 2.24) is 4.98 Å². The normalized spacial score (nSPS) is 11.2. The van der Waals surface area contributed by atoms with E-state index < -0.39 is 0 Å². The number of hydrogen-bond donors (Lipinski definition) is 1. The molecule has 1 N–H and O–H groups in total. The molecule has 25 heavy (non-hydrogen) atoms. The molecule has 0 atom stereocenters. The number of hydrazone groups is 1. The maximum Gasteiger partial charge on any atom is 0.311 e. The van der Waals surface area contributed by atoms with E-state index in [1.54, 1.807) is 13.1 Å². The lowest BCUT2D eigenvalue weighted by molar-refractivity contribution is -0.142. The van der Waals surface area contributed by atoms with Gasteiger partial charge in [-0.2, -0.15) is 5.10 Å². The summed E-state index contributed by atoms with van der Waals surface area (Å²) >= 11 is 3.27. The van der Waals surface area contributed by atoms with E-state index in [0.29, 0.717) is 23.4 Å². The van der Waals surface area contributed by atoms with Gasteiger partial charge in [0.25, 0.3) is 0 Å². The molecular formula is C18H23N3O2S2. The van der Waals surface area contributed by atoms with Crippen LogP contribution >= 0.6 is 23.1 Å². The predicted molar refractivity (Wildman–Crippen MR) is 106 cm³/mol. The second-order valence-corrected chi connectivity index (χ2v) is 7.72. The summed E-state index contributed by atoms with van der Waals surface area (Å²) in [6.45, 7) is 6.61. The van der Waals surface area contributed by atoms with Crippen molar-refractivity contribution >= 4 is 40.4 Å². The van der Waals surface area contributed by atoms with Crippen LogP contribution < -0.4 is 5.43 Å². The van der Waals surface area contributed by atoms with Crippen molar-refractivity contribution in [2.45, 2.75) is 32.1 Å². The molecule has 0 radical (unpaired) electrons. The zero-order valence-electron chi connectivity index (χ0n) is 14.7. The number of carbonyl (C=O) groups is 1. The Morgan fingerprint density at radius 2 is 2.16 bits per heavy atom. The van der Waals surface area contributed by atoms with Gasteiger partial charge in [0.15, 0.2) is 0 Å². The van der Waals surface area contributed by atoms with Crippen molar-refractivity contribution in [1.29, 1.82) is 0 Å². The van der Waals surface area contributed by atoms with Crippen LogP contribution in [0.5, 0.6) is 0 Å². The van der Waals surface area contributed by atoms with Crippen LogP contribution in [0.3, 0.4) is 0 Å². The molecule has 134 valence electrons. The minimum atomic E-state index is -0.265. The minimum absolute atomic E-state index is 0.186. The topological polar surface area (TPSA) is 63.6 Å². The molecule has 0 aliphatic heterocycles. The number of ether oxygens (including phenoxy) is 1. The second kappa shape index (κ2) is 10.2. The Bertz CT molecular complexity index is 697. The van der Waals surface area contributed by atoms with E-state index in [2.05, 4.69) is 41.5 Å². The van der Waals surface area contributed by atoms with Gasteiger partial charge >= 0.3 is 5.97 Å². The van der Waals surface area contributed by atoms with Crippen molar-refractivity contribution in [3.8, 4) is 0 Å². The summed E-state index contributed by atoms with van der Waals surface area (Å²) < 4.78 is 4.91. The fourth-order valence-corrected chi connectivity index (χ4v) is 3.39. The molecular weight excluding hydrogens is 354 g/mol. The maximum atomic E-state index is 11.4. The monoisotopic (exact) mass is 377 g/mol. The predicted octanol–water partition coefficient (Wildman–Crippen LogP) is 4.44. The average Bonchev–Trinajstić information content (AvgIpc) is 3.01. The smallest absolute Gasteiger partial charge is 0.311 e. The van der Waals surface area contributed by atoms with Crippen LogP contribution in [0.1, 0.15) is 32.0 Å². The largest absolute Gasteiger partial charge is 0.466 e. The van der Waals surface area contributed by atoms with Crippen molar-refractivity contribution < 1.29 is 9.53 Å². The number of hydrogen-bond acceptors (Lipinski definition) is 7. The molecule has 0 saturated heterocycles. The third-order valence-corrected chi connectivity index (χ3v) is 5.25. The first-order valence-electron chi connectivity index (χ1n) is 8.18. The zero-order chi connectivity index (χ0) is 18.1. The Kier molecular flexibility index (Phi) is 7.94. The van der Waals surface area contributed by atoms with Crippen molar-refractivity contribution in [2.24, 2.45) is 11.0 Å². The average molecular weight is 378 g/mol. The maximum absolute atomic E-state index is 11.4. The van der Waals surface area contributed by atoms with Crippen molar-refractivity contribution in [3.63, 3.8) is 0 Å². The van der Waals surface area contributed by atoms with Gasteiger partial charge in [0, 0.05) is 16.0 Å². The summed E-state index contributed by atoms with van der Waals surface area (Å²) in [5.74, 6) is 1.54. The fraction of sp³-hybridized carbons (Fsp3) is 0.389. The van der Waals surface area contributed by atoms with Gasteiger partial charge in [0.2, 0.25) is 5.13 Å². The molecule has 0 unspecified atom stereocenters. The minimum Gasteiger partial charge on any atom is -0.466 e. The molecule has 7 heteroatoms. The molecule has 1 aromatic carbocycles. The summed E-state index contributed by atoms with van der Waals surface area (Å²) in [7, 11) is 0. The Morgan fingerprint density at radius 3 is 2.84 bits per heavy atom. The number of thiazole rings is 1. The van der Waals surface area contributed by atoms with Gasteiger partial charge in [-0.3, -0.25) is 10.2 Å². The van der Waals surface area contributed by atoms with Gasteiger partial charge in [0.1, 0.15) is 0 Å². The van der Waals surface area contributed by atoms with Crippen LogP contribution in [-0.4, -0.2) is 29.5 Å². The van der Waals surface area contributed by atoms with E-state index in [0.717, 1.165) is 11.3 Å². The van der Waals surface area contributed by atoms with Crippen LogP contribution in [0, 0.1) is 5.92 Å². The van der Waals surface area contributed by atoms with Gasteiger partial charge in [-0.15, -0.1) is 23.1 Å². The highest BCUT2D eigenvalue weighted by molar-refractivity contribution is 7.99. The fourth-order valence-electron chi connectivity index (χ4n) is 1.87. The molecule has 0 fully saturated rings. The Hall–Kier alpha value is -1.86. The number of rotatable bonds is 9. The van der Waals surface area contributed by atoms with Crippen LogP contribution in [0.25, 0.3) is 0 Å². The molecule has 0 bridgehead atoms. The first-order chi connectivity index (χ1) is 12.1. The summed E-state index contributed by atoms with van der Waals surface area (Å²) in [5, 5.41) is 6.68. The molecule has 1 aromatic heterocycles. The number of nitrogens with one attached hydrogen (secondary N) is 1. The summed E-state index contributed by atoms with van der Waals surface area (Å²) in [6, 6.07) is 8.30. The van der Waals surface area contributed by atoms with E-state index in [1.807, 2.05) is 29.3 Å². The van der Waals surface area contributed by atoms with E-state index in [1.165, 1.54) is 16.2 Å². The molecule has 0 spiro atoms. The van der Waals surface area contributed by atoms with Crippen LogP contribution in [0.4, 0.5) is 5.13 Å². The first-order valence-corrected chi connectivity index (χ1v) is 10.0. The number of benzene rings is 1. The summed E-state index contributed by atoms with van der Waals surface area (Å²) in [6.07, 6.45) is 1.94. The SMILES string of the molecule is CCOC(=O)Cc1csc(NN=Cc2ccc(SCC(C)C)cc2)n1. The highest BCUT2D eigenvalue weighted by Gasteiger charge is 2.07. The lowest BCUT2D eigenvalue weighted by Gasteiger charge is -2.04.